The van der Waals surface area contributed by atoms with E-state index < -0.39 is 24.2 Å². The number of carbonyl (C=O) groups excluding carboxylic acids is 2. The third-order valence-electron chi connectivity index (χ3n) is 9.27. The first-order valence-corrected chi connectivity index (χ1v) is 15.0. The van der Waals surface area contributed by atoms with E-state index in [0.717, 1.165) is 60.9 Å². The average Bonchev–Trinajstić information content (AvgIpc) is 3.62. The maximum absolute atomic E-state index is 13.7. The zero-order valence-corrected chi connectivity index (χ0v) is 24.1. The van der Waals surface area contributed by atoms with Crippen molar-refractivity contribution in [1.82, 2.24) is 20.0 Å². The first-order chi connectivity index (χ1) is 21.0. The Bertz CT molecular complexity index is 1570. The number of ketones is 1. The van der Waals surface area contributed by atoms with E-state index >= 15 is 0 Å². The maximum atomic E-state index is 13.7. The highest BCUT2D eigenvalue weighted by atomic mass is 19.4. The standard InChI is InChI=1S/C33H33F4N5O2/c34-24-9-11-25(12-10-24)42-18-28(30(40-42)27-4-2-1-3-26(27)29(43)15-32(19-38)13-14-32)22-7-5-21(6-8-22)23-16-41(17-23)31(44)39-20-33(35,36)37/h5-12,18,23,26-27H,1-4,13-17,20H2,(H,39,44)/t26-,27-/m1/s1. The maximum Gasteiger partial charge on any atom is 0.405 e. The Kier molecular flexibility index (Phi) is 7.95. The van der Waals surface area contributed by atoms with E-state index in [1.807, 2.05) is 35.8 Å². The lowest BCUT2D eigenvalue weighted by Crippen LogP contribution is -2.53. The van der Waals surface area contributed by atoms with Crippen molar-refractivity contribution in [2.45, 2.75) is 63.0 Å². The number of nitriles is 1. The van der Waals surface area contributed by atoms with Gasteiger partial charge >= 0.3 is 12.2 Å². The quantitative estimate of drug-likeness (QED) is 0.283. The summed E-state index contributed by atoms with van der Waals surface area (Å²) in [6.45, 7) is -0.706. The fourth-order valence-corrected chi connectivity index (χ4v) is 6.47. The van der Waals surface area contributed by atoms with Gasteiger partial charge in [-0.15, -0.1) is 0 Å². The SMILES string of the molecule is N#CC1(CC(=O)[C@@H]2CCCC[C@H]2c2nn(-c3ccc(F)cc3)cc2-c2ccc(C3CN(C(=O)NCC(F)(F)F)C3)cc2)CC1. The van der Waals surface area contributed by atoms with E-state index in [1.54, 1.807) is 16.8 Å². The number of Topliss-reactive ketones (excluding diaryl/α,β-unsaturated/α-hetero) is 1. The summed E-state index contributed by atoms with van der Waals surface area (Å²) in [6.07, 6.45) is 2.72. The topological polar surface area (TPSA) is 91.0 Å². The molecule has 1 aliphatic heterocycles. The number of likely N-dealkylation sites (tertiary alicyclic amines) is 1. The molecule has 3 aliphatic rings. The molecular weight excluding hydrogens is 574 g/mol. The predicted molar refractivity (Wildman–Crippen MR) is 154 cm³/mol. The first-order valence-electron chi connectivity index (χ1n) is 15.0. The largest absolute Gasteiger partial charge is 0.405 e. The number of amides is 2. The molecule has 230 valence electrons. The van der Waals surface area contributed by atoms with Gasteiger partial charge < -0.3 is 10.2 Å². The molecule has 0 radical (unpaired) electrons. The fourth-order valence-electron chi connectivity index (χ4n) is 6.47. The van der Waals surface area contributed by atoms with Crippen molar-refractivity contribution in [3.05, 3.63) is 71.8 Å². The van der Waals surface area contributed by atoms with Crippen LogP contribution in [0, 0.1) is 28.5 Å². The van der Waals surface area contributed by atoms with E-state index in [1.165, 1.54) is 17.0 Å². The van der Waals surface area contributed by atoms with Gasteiger partial charge in [0, 0.05) is 49.0 Å². The molecule has 44 heavy (non-hydrogen) atoms. The van der Waals surface area contributed by atoms with Gasteiger partial charge in [0.25, 0.3) is 0 Å². The number of nitrogens with zero attached hydrogens (tertiary/aromatic N) is 4. The highest BCUT2D eigenvalue weighted by Gasteiger charge is 2.47. The Morgan fingerprint density at radius 3 is 2.34 bits per heavy atom. The molecule has 0 unspecified atom stereocenters. The molecule has 3 aromatic rings. The summed E-state index contributed by atoms with van der Waals surface area (Å²) in [5.41, 5.74) is 3.71. The van der Waals surface area contributed by atoms with Crippen molar-refractivity contribution < 1.29 is 27.2 Å². The van der Waals surface area contributed by atoms with E-state index in [4.69, 9.17) is 5.10 Å². The van der Waals surface area contributed by atoms with Gasteiger partial charge in [-0.3, -0.25) is 4.79 Å². The van der Waals surface area contributed by atoms with Crippen LogP contribution in [0.15, 0.2) is 54.7 Å². The molecule has 2 aromatic carbocycles. The molecule has 1 aromatic heterocycles. The zero-order valence-electron chi connectivity index (χ0n) is 24.1. The van der Waals surface area contributed by atoms with Crippen molar-refractivity contribution in [2.75, 3.05) is 19.6 Å². The molecule has 2 atom stereocenters. The lowest BCUT2D eigenvalue weighted by Gasteiger charge is -2.39. The summed E-state index contributed by atoms with van der Waals surface area (Å²) in [5, 5.41) is 16.5. The minimum atomic E-state index is -4.46. The smallest absolute Gasteiger partial charge is 0.329 e. The lowest BCUT2D eigenvalue weighted by molar-refractivity contribution is -0.125. The summed E-state index contributed by atoms with van der Waals surface area (Å²) in [5.74, 6) is -0.558. The Hall–Kier alpha value is -4.20. The van der Waals surface area contributed by atoms with Gasteiger partial charge in [-0.1, -0.05) is 37.1 Å². The lowest BCUT2D eigenvalue weighted by atomic mass is 9.72. The van der Waals surface area contributed by atoms with Gasteiger partial charge in [0.2, 0.25) is 0 Å². The summed E-state index contributed by atoms with van der Waals surface area (Å²) < 4.78 is 52.7. The fraction of sp³-hybridized carbons (Fsp3) is 0.455. The van der Waals surface area contributed by atoms with Crippen LogP contribution in [0.3, 0.4) is 0 Å². The van der Waals surface area contributed by atoms with Gasteiger partial charge in [0.05, 0.1) is 22.9 Å². The molecule has 6 rings (SSSR count). The molecule has 3 fully saturated rings. The second-order valence-electron chi connectivity index (χ2n) is 12.4. The minimum Gasteiger partial charge on any atom is -0.329 e. The van der Waals surface area contributed by atoms with Crippen LogP contribution in [0.25, 0.3) is 16.8 Å². The molecule has 0 bridgehead atoms. The van der Waals surface area contributed by atoms with Crippen LogP contribution in [0.1, 0.15) is 68.0 Å². The third kappa shape index (κ3) is 6.35. The number of hydrogen-bond donors (Lipinski definition) is 1. The number of carbonyl (C=O) groups is 2. The van der Waals surface area contributed by atoms with Gasteiger partial charge in [-0.05, 0) is 61.1 Å². The summed E-state index contributed by atoms with van der Waals surface area (Å²) in [6, 6.07) is 15.5. The normalized spacial score (nSPS) is 21.3. The second kappa shape index (κ2) is 11.7. The van der Waals surface area contributed by atoms with Gasteiger partial charge in [0.15, 0.2) is 0 Å². The predicted octanol–water partition coefficient (Wildman–Crippen LogP) is 6.89. The van der Waals surface area contributed by atoms with E-state index in [0.29, 0.717) is 18.8 Å². The average molecular weight is 608 g/mol. The van der Waals surface area contributed by atoms with Crippen LogP contribution >= 0.6 is 0 Å². The van der Waals surface area contributed by atoms with E-state index in [9.17, 15) is 32.4 Å². The van der Waals surface area contributed by atoms with Gasteiger partial charge in [-0.25, -0.2) is 13.9 Å². The molecule has 2 amide bonds. The van der Waals surface area contributed by atoms with Crippen LogP contribution < -0.4 is 5.32 Å². The van der Waals surface area contributed by atoms with Crippen molar-refractivity contribution >= 4 is 11.8 Å². The molecule has 0 spiro atoms. The number of nitrogens with one attached hydrogen (secondary N) is 1. The molecule has 7 nitrogen and oxygen atoms in total. The zero-order chi connectivity index (χ0) is 31.1. The summed E-state index contributed by atoms with van der Waals surface area (Å²) in [7, 11) is 0. The number of halogens is 4. The highest BCUT2D eigenvalue weighted by molar-refractivity contribution is 5.84. The van der Waals surface area contributed by atoms with Crippen molar-refractivity contribution in [2.24, 2.45) is 11.3 Å². The minimum absolute atomic E-state index is 0.0114. The number of alkyl halides is 3. The van der Waals surface area contributed by atoms with Crippen LogP contribution in [-0.2, 0) is 4.79 Å². The van der Waals surface area contributed by atoms with Gasteiger partial charge in [0.1, 0.15) is 18.1 Å². The Morgan fingerprint density at radius 2 is 1.70 bits per heavy atom. The van der Waals surface area contributed by atoms with Crippen LogP contribution in [0.5, 0.6) is 0 Å². The molecule has 2 aliphatic carbocycles. The van der Waals surface area contributed by atoms with Crippen molar-refractivity contribution in [3.8, 4) is 22.9 Å². The molecule has 11 heteroatoms. The molecule has 1 saturated heterocycles. The number of aromatic nitrogens is 2. The molecular formula is C33H33F4N5O2. The summed E-state index contributed by atoms with van der Waals surface area (Å²) >= 11 is 0. The number of urea groups is 1. The van der Waals surface area contributed by atoms with Gasteiger partial charge in [-0.2, -0.15) is 23.5 Å². The molecule has 2 saturated carbocycles. The number of hydrogen-bond acceptors (Lipinski definition) is 4. The monoisotopic (exact) mass is 607 g/mol. The first kappa shape index (κ1) is 29.9. The highest BCUT2D eigenvalue weighted by Crippen LogP contribution is 2.51. The number of benzene rings is 2. The van der Waals surface area contributed by atoms with Crippen LogP contribution in [0.2, 0.25) is 0 Å². The third-order valence-corrected chi connectivity index (χ3v) is 9.27. The van der Waals surface area contributed by atoms with Crippen LogP contribution in [-0.4, -0.2) is 52.3 Å². The van der Waals surface area contributed by atoms with Crippen molar-refractivity contribution in [1.29, 1.82) is 5.26 Å². The van der Waals surface area contributed by atoms with Crippen LogP contribution in [0.4, 0.5) is 22.4 Å². The Labute approximate surface area is 252 Å². The number of rotatable bonds is 8. The van der Waals surface area contributed by atoms with E-state index in [-0.39, 0.29) is 35.8 Å². The second-order valence-corrected chi connectivity index (χ2v) is 12.4. The molecule has 1 N–H and O–H groups in total. The Balaban J connectivity index is 1.24. The van der Waals surface area contributed by atoms with Crippen molar-refractivity contribution in [3.63, 3.8) is 0 Å². The Morgan fingerprint density at radius 1 is 1.02 bits per heavy atom. The summed E-state index contributed by atoms with van der Waals surface area (Å²) in [4.78, 5) is 27.0. The van der Waals surface area contributed by atoms with E-state index in [2.05, 4.69) is 6.07 Å². The molecule has 2 heterocycles.